The van der Waals surface area contributed by atoms with Crippen LogP contribution in [-0.4, -0.2) is 56.1 Å². The first kappa shape index (κ1) is 24.6. The van der Waals surface area contributed by atoms with Crippen LogP contribution in [0, 0.1) is 0 Å². The van der Waals surface area contributed by atoms with Crippen molar-refractivity contribution in [2.75, 3.05) is 39.8 Å². The summed E-state index contributed by atoms with van der Waals surface area (Å²) in [4.78, 5) is 10.4. The van der Waals surface area contributed by atoms with Gasteiger partial charge in [0, 0.05) is 13.2 Å². The molecule has 0 unspecified atom stereocenters. The van der Waals surface area contributed by atoms with Gasteiger partial charge in [-0.2, -0.15) is 0 Å². The smallest absolute Gasteiger partial charge is 0.434 e. The second kappa shape index (κ2) is 23.7. The Balaban J connectivity index is -0.000000238. The van der Waals surface area contributed by atoms with Crippen molar-refractivity contribution in [3.05, 3.63) is 0 Å². The lowest BCUT2D eigenvalue weighted by Crippen LogP contribution is -2.12. The molecule has 20 heavy (non-hydrogen) atoms. The molecule has 0 spiro atoms. The molecule has 0 aliphatic carbocycles. The summed E-state index contributed by atoms with van der Waals surface area (Å²) in [5.74, 6) is 0. The summed E-state index contributed by atoms with van der Waals surface area (Å²) in [5.41, 5.74) is 0. The first-order chi connectivity index (χ1) is 9.22. The molecule has 0 aromatic heterocycles. The van der Waals surface area contributed by atoms with Gasteiger partial charge in [-0.15, -0.1) is 8.58 Å². The minimum atomic E-state index is -0.519. The van der Waals surface area contributed by atoms with Gasteiger partial charge in [0.05, 0.1) is 13.2 Å². The van der Waals surface area contributed by atoms with Gasteiger partial charge in [-0.1, -0.05) is 7.43 Å². The molecule has 1 aliphatic rings. The zero-order chi connectivity index (χ0) is 14.8. The Morgan fingerprint density at radius 1 is 0.950 bits per heavy atom. The molecule has 0 bridgehead atoms. The zero-order valence-electron chi connectivity index (χ0n) is 12.2. The van der Waals surface area contributed by atoms with Crippen LogP contribution >= 0.6 is 8.58 Å². The van der Waals surface area contributed by atoms with Gasteiger partial charge in [0.2, 0.25) is 0 Å². The monoisotopic (exact) mass is 312 g/mol. The number of ether oxygens (including phenoxy) is 2. The molecule has 0 atom stereocenters. The molecule has 1 rings (SSSR count). The quantitative estimate of drug-likeness (QED) is 0.474. The van der Waals surface area contributed by atoms with E-state index in [1.165, 1.54) is 0 Å². The number of aliphatic hydroxyl groups is 2. The molecule has 0 amide bonds. The number of hydrogen-bond donors (Lipinski definition) is 2. The Hall–Kier alpha value is -0.380. The Morgan fingerprint density at radius 2 is 1.35 bits per heavy atom. The van der Waals surface area contributed by atoms with Crippen molar-refractivity contribution >= 4 is 14.7 Å². The third kappa shape index (κ3) is 26.2. The highest BCUT2D eigenvalue weighted by Gasteiger charge is 2.05. The molecule has 0 aromatic rings. The van der Waals surface area contributed by atoms with Crippen LogP contribution in [0.25, 0.3) is 0 Å². The molecular formula is C14H33O5P. The van der Waals surface area contributed by atoms with Crippen LogP contribution in [0.15, 0.2) is 0 Å². The molecule has 124 valence electrons. The minimum Gasteiger partial charge on any atom is -0.434 e. The number of carbonyl (C=O) groups excluding carboxylic acids is 1. The molecule has 6 heteroatoms. The molecular weight excluding hydrogens is 279 g/mol. The second-order valence-electron chi connectivity index (χ2n) is 4.02. The third-order valence-electron chi connectivity index (χ3n) is 2.04. The largest absolute Gasteiger partial charge is 0.508 e. The van der Waals surface area contributed by atoms with Crippen LogP contribution in [0.5, 0.6) is 0 Å². The van der Waals surface area contributed by atoms with E-state index in [0.717, 1.165) is 47.1 Å². The summed E-state index contributed by atoms with van der Waals surface area (Å²) in [6, 6.07) is 0. The predicted octanol–water partition coefficient (Wildman–Crippen LogP) is 3.03. The highest BCUT2D eigenvalue weighted by atomic mass is 31.1. The number of cyclic esters (lactones) is 2. The van der Waals surface area contributed by atoms with Crippen molar-refractivity contribution in [3.63, 3.8) is 0 Å². The summed E-state index contributed by atoms with van der Waals surface area (Å²) in [6.07, 6.45) is 5.08. The maximum absolute atomic E-state index is 10.4. The molecule has 5 nitrogen and oxygen atoms in total. The van der Waals surface area contributed by atoms with Crippen molar-refractivity contribution in [3.8, 4) is 0 Å². The van der Waals surface area contributed by atoms with Crippen LogP contribution in [-0.2, 0) is 9.47 Å². The van der Waals surface area contributed by atoms with Crippen molar-refractivity contribution in [2.24, 2.45) is 0 Å². The Morgan fingerprint density at radius 3 is 1.70 bits per heavy atom. The molecule has 0 aromatic carbocycles. The summed E-state index contributed by atoms with van der Waals surface area (Å²) >= 11 is 0. The Bertz CT molecular complexity index is 165. The van der Waals surface area contributed by atoms with Crippen LogP contribution in [0.4, 0.5) is 4.79 Å². The standard InChI is InChI=1S/C6H10O3.C5H12O2.C2H7P.CH4/c7-6-8-4-2-1-3-5-9-6;6-4-2-1-3-5-7;1-3-2;/h1-5H2;6-7H,1-5H2;3H,1-2H3;1H4. The van der Waals surface area contributed by atoms with E-state index < -0.39 is 6.16 Å². The van der Waals surface area contributed by atoms with Crippen molar-refractivity contribution < 1.29 is 24.5 Å². The average molecular weight is 312 g/mol. The molecule has 2 N–H and O–H groups in total. The second-order valence-corrected chi connectivity index (χ2v) is 5.02. The summed E-state index contributed by atoms with van der Waals surface area (Å²) in [7, 11) is 1.08. The van der Waals surface area contributed by atoms with Gasteiger partial charge >= 0.3 is 6.16 Å². The molecule has 0 radical (unpaired) electrons. The Kier molecular flexibility index (Phi) is 29.2. The molecule has 1 aliphatic heterocycles. The first-order valence-electron chi connectivity index (χ1n) is 6.82. The van der Waals surface area contributed by atoms with Gasteiger partial charge in [0.15, 0.2) is 0 Å². The van der Waals surface area contributed by atoms with Crippen LogP contribution in [0.1, 0.15) is 46.0 Å². The van der Waals surface area contributed by atoms with Crippen LogP contribution in [0.2, 0.25) is 0 Å². The van der Waals surface area contributed by atoms with E-state index in [1.807, 2.05) is 0 Å². The number of unbranched alkanes of at least 4 members (excludes halogenated alkanes) is 2. The summed E-state index contributed by atoms with van der Waals surface area (Å²) in [6.45, 7) is 5.83. The topological polar surface area (TPSA) is 76.0 Å². The highest BCUT2D eigenvalue weighted by Crippen LogP contribution is 2.01. The molecule has 1 saturated heterocycles. The van der Waals surface area contributed by atoms with Gasteiger partial charge in [0.25, 0.3) is 0 Å². The van der Waals surface area contributed by atoms with E-state index in [9.17, 15) is 4.79 Å². The lowest BCUT2D eigenvalue weighted by atomic mass is 10.2. The van der Waals surface area contributed by atoms with Crippen molar-refractivity contribution in [1.82, 2.24) is 0 Å². The normalized spacial score (nSPS) is 13.7. The maximum Gasteiger partial charge on any atom is 0.508 e. The van der Waals surface area contributed by atoms with Gasteiger partial charge in [-0.25, -0.2) is 4.79 Å². The zero-order valence-corrected chi connectivity index (χ0v) is 13.2. The fourth-order valence-corrected chi connectivity index (χ4v) is 1.13. The van der Waals surface area contributed by atoms with Gasteiger partial charge in [0.1, 0.15) is 0 Å². The van der Waals surface area contributed by atoms with Crippen molar-refractivity contribution in [1.29, 1.82) is 0 Å². The predicted molar refractivity (Wildman–Crippen MR) is 86.1 cm³/mol. The highest BCUT2D eigenvalue weighted by molar-refractivity contribution is 7.35. The summed E-state index contributed by atoms with van der Waals surface area (Å²) in [5, 5.41) is 16.4. The van der Waals surface area contributed by atoms with Crippen molar-refractivity contribution in [2.45, 2.75) is 46.0 Å². The molecule has 0 saturated carbocycles. The number of hydrogen-bond acceptors (Lipinski definition) is 5. The maximum atomic E-state index is 10.4. The molecule has 1 heterocycles. The number of carbonyl (C=O) groups is 1. The number of rotatable bonds is 4. The Labute approximate surface area is 125 Å². The van der Waals surface area contributed by atoms with E-state index in [2.05, 4.69) is 22.8 Å². The van der Waals surface area contributed by atoms with Crippen LogP contribution < -0.4 is 0 Å². The lowest BCUT2D eigenvalue weighted by Gasteiger charge is -2.09. The molecule has 1 fully saturated rings. The van der Waals surface area contributed by atoms with Gasteiger partial charge in [-0.3, -0.25) is 0 Å². The van der Waals surface area contributed by atoms with Gasteiger partial charge in [-0.05, 0) is 51.9 Å². The number of aliphatic hydroxyl groups excluding tert-OH is 2. The van der Waals surface area contributed by atoms with E-state index in [0.29, 0.717) is 13.2 Å². The first-order valence-corrected chi connectivity index (χ1v) is 8.82. The van der Waals surface area contributed by atoms with Crippen LogP contribution in [0.3, 0.4) is 0 Å². The lowest BCUT2D eigenvalue weighted by molar-refractivity contribution is 0.0435. The van der Waals surface area contributed by atoms with Gasteiger partial charge < -0.3 is 19.7 Å². The van der Waals surface area contributed by atoms with E-state index >= 15 is 0 Å². The average Bonchev–Trinajstić information content (AvgIpc) is 2.36. The third-order valence-corrected chi connectivity index (χ3v) is 2.04. The fraction of sp³-hybridized carbons (Fsp3) is 0.929. The SMILES string of the molecule is C.CPC.O=C1OCCCCCO1.OCCCCCO. The van der Waals surface area contributed by atoms with E-state index in [1.54, 1.807) is 0 Å². The van der Waals surface area contributed by atoms with E-state index in [-0.39, 0.29) is 20.6 Å². The fourth-order valence-electron chi connectivity index (χ4n) is 1.13. The van der Waals surface area contributed by atoms with E-state index in [4.69, 9.17) is 10.2 Å². The summed E-state index contributed by atoms with van der Waals surface area (Å²) < 4.78 is 9.24. The minimum absolute atomic E-state index is 0.